The minimum absolute atomic E-state index is 0.0858. The largest absolute Gasteiger partial charge is 0.480 e. The summed E-state index contributed by atoms with van der Waals surface area (Å²) in [5.41, 5.74) is -1.80. The number of hydrogen-bond donors (Lipinski definition) is 6. The Balaban J connectivity index is 6.55. The van der Waals surface area contributed by atoms with Crippen LogP contribution in [0.4, 0.5) is 4.39 Å². The van der Waals surface area contributed by atoms with E-state index in [-0.39, 0.29) is 51.2 Å². The minimum Gasteiger partial charge on any atom is -0.480 e. The summed E-state index contributed by atoms with van der Waals surface area (Å²) < 4.78 is 45.4. The Labute approximate surface area is 609 Å². The summed E-state index contributed by atoms with van der Waals surface area (Å²) in [5.74, 6) is -11.0. The third-order valence-electron chi connectivity index (χ3n) is 18.1. The van der Waals surface area contributed by atoms with Crippen molar-refractivity contribution in [2.75, 3.05) is 112 Å². The summed E-state index contributed by atoms with van der Waals surface area (Å²) in [4.78, 5) is 129. The Morgan fingerprint density at radius 1 is 0.343 bits per heavy atom. The molecule has 26 heteroatoms. The molecule has 0 heterocycles. The lowest BCUT2D eigenvalue weighted by Crippen LogP contribution is -2.52. The maximum absolute atomic E-state index is 16.1. The maximum Gasteiger partial charge on any atom is 0.317 e. The summed E-state index contributed by atoms with van der Waals surface area (Å²) in [6.45, 7) is -3.15. The van der Waals surface area contributed by atoms with Crippen LogP contribution in [0.5, 0.6) is 0 Å². The van der Waals surface area contributed by atoms with Gasteiger partial charge in [0, 0.05) is 52.0 Å². The summed E-state index contributed by atoms with van der Waals surface area (Å²) in [5, 5.41) is 57.8. The van der Waals surface area contributed by atoms with E-state index in [4.69, 9.17) is 23.7 Å². The molecule has 0 saturated carbocycles. The molecule has 0 aromatic carbocycles. The lowest BCUT2D eigenvalue weighted by Gasteiger charge is -2.34. The number of rotatable bonds is 78. The van der Waals surface area contributed by atoms with Crippen molar-refractivity contribution in [3.8, 4) is 0 Å². The number of carbonyl (C=O) groups is 10. The first-order chi connectivity index (χ1) is 49.0. The van der Waals surface area contributed by atoms with Gasteiger partial charge in [0.1, 0.15) is 32.6 Å². The Morgan fingerprint density at radius 3 is 1.00 bits per heavy atom. The third kappa shape index (κ3) is 62.0. The lowest BCUT2D eigenvalue weighted by atomic mass is 10.0. The second-order valence-electron chi connectivity index (χ2n) is 28.0. The van der Waals surface area contributed by atoms with Crippen LogP contribution >= 0.6 is 0 Å². The van der Waals surface area contributed by atoms with Gasteiger partial charge >= 0.3 is 53.7 Å². The molecule has 2 unspecified atom stereocenters. The molecule has 102 heavy (non-hydrogen) atoms. The lowest BCUT2D eigenvalue weighted by molar-refractivity contribution is -0.186. The first-order valence-corrected chi connectivity index (χ1v) is 39.1. The summed E-state index contributed by atoms with van der Waals surface area (Å²) in [7, 11) is 0. The number of carboxylic acid groups (broad SMARTS) is 6. The highest BCUT2D eigenvalue weighted by Crippen LogP contribution is 2.22. The van der Waals surface area contributed by atoms with Gasteiger partial charge in [0.05, 0.1) is 64.9 Å². The molecule has 0 amide bonds. The Hall–Kier alpha value is -5.41. The molecule has 0 radical (unpaired) electrons. The number of aliphatic carboxylic acids is 6. The van der Waals surface area contributed by atoms with Crippen LogP contribution < -0.4 is 0 Å². The van der Waals surface area contributed by atoms with E-state index < -0.39 is 163 Å². The zero-order valence-electron chi connectivity index (χ0n) is 63.1. The van der Waals surface area contributed by atoms with Gasteiger partial charge in [0.2, 0.25) is 0 Å². The van der Waals surface area contributed by atoms with Gasteiger partial charge in [-0.2, -0.15) is 0 Å². The predicted molar refractivity (Wildman–Crippen MR) is 388 cm³/mol. The highest BCUT2D eigenvalue weighted by molar-refractivity contribution is 5.79. The van der Waals surface area contributed by atoms with Crippen molar-refractivity contribution in [2.24, 2.45) is 0 Å². The van der Waals surface area contributed by atoms with Crippen molar-refractivity contribution in [1.82, 2.24) is 19.6 Å². The maximum atomic E-state index is 16.1. The Bertz CT molecular complexity index is 2070. The molecule has 0 aromatic heterocycles. The molecule has 0 aliphatic carbocycles. The zero-order valence-corrected chi connectivity index (χ0v) is 63.1. The van der Waals surface area contributed by atoms with Crippen molar-refractivity contribution in [1.29, 1.82) is 0 Å². The average molecular weight is 1460 g/mol. The normalized spacial score (nSPS) is 12.3. The van der Waals surface area contributed by atoms with Crippen LogP contribution in [0.3, 0.4) is 0 Å². The van der Waals surface area contributed by atoms with Gasteiger partial charge in [-0.05, 0) is 19.3 Å². The molecule has 6 N–H and O–H groups in total. The standard InChI is InChI=1S/C76H137FN4O21/c1-4-7-10-13-16-19-22-25-28-31-34-37-40-43-66(82)60-102-76(62-100-73(95)44-41-38-35-32-29-26-23-20-17-14-11-8-5-2,63-101-74(96)45-42-39-36-33-30-27-24-21-18-15-12-9-6-3)61-98-58-64(77)50-75(97)99-59-65(81(56-71(91)92)57-72(93)94)51-79(53-68(85)86)48-46-78(52-67(83)84)47-49-80(54-69(87)88)55-70(89)90/h64-65H,4-63H2,1-3H3,(H,83,84)(H,85,86)(H,87,88)(H,89,90)(H,91,92)(H,93,94). The number of halogens is 1. The van der Waals surface area contributed by atoms with Crippen molar-refractivity contribution in [2.45, 2.75) is 315 Å². The molecule has 0 aromatic rings. The van der Waals surface area contributed by atoms with Gasteiger partial charge in [-0.15, -0.1) is 0 Å². The van der Waals surface area contributed by atoms with Crippen LogP contribution in [0.2, 0.25) is 0 Å². The van der Waals surface area contributed by atoms with Crippen molar-refractivity contribution < 1.29 is 107 Å². The molecule has 0 bridgehead atoms. The molecule has 0 aliphatic rings. The van der Waals surface area contributed by atoms with Gasteiger partial charge in [-0.3, -0.25) is 67.5 Å². The zero-order chi connectivity index (χ0) is 75.7. The molecule has 0 aliphatic heterocycles. The number of carboxylic acids is 6. The molecule has 25 nitrogen and oxygen atoms in total. The van der Waals surface area contributed by atoms with Crippen LogP contribution in [0.1, 0.15) is 297 Å². The number of nitrogens with zero attached hydrogens (tertiary/aromatic N) is 4. The smallest absolute Gasteiger partial charge is 0.317 e. The van der Waals surface area contributed by atoms with Crippen molar-refractivity contribution in [3.63, 3.8) is 0 Å². The summed E-state index contributed by atoms with van der Waals surface area (Å²) in [6, 6.07) is -1.38. The molecule has 0 fully saturated rings. The van der Waals surface area contributed by atoms with E-state index in [1.807, 2.05) is 0 Å². The highest BCUT2D eigenvalue weighted by Gasteiger charge is 2.37. The van der Waals surface area contributed by atoms with Crippen LogP contribution in [-0.4, -0.2) is 239 Å². The molecule has 0 rings (SSSR count). The molecule has 0 spiro atoms. The first-order valence-electron chi connectivity index (χ1n) is 39.1. The first kappa shape index (κ1) is 96.6. The number of esters is 3. The number of alkyl halides is 1. The number of ether oxygens (including phenoxy) is 5. The van der Waals surface area contributed by atoms with E-state index in [0.29, 0.717) is 19.3 Å². The fourth-order valence-corrected chi connectivity index (χ4v) is 12.2. The number of Topliss-reactive ketones (excluding diaryl/α,β-unsaturated/α-hetero) is 1. The van der Waals surface area contributed by atoms with Crippen LogP contribution in [-0.2, 0) is 71.6 Å². The minimum atomic E-state index is -2.11. The van der Waals surface area contributed by atoms with Crippen LogP contribution in [0, 0.1) is 0 Å². The Kier molecular flexibility index (Phi) is 62.8. The van der Waals surface area contributed by atoms with Crippen LogP contribution in [0.25, 0.3) is 0 Å². The average Bonchev–Trinajstić information content (AvgIpc) is 0.867. The highest BCUT2D eigenvalue weighted by atomic mass is 19.1. The Morgan fingerprint density at radius 2 is 0.647 bits per heavy atom. The molecule has 0 saturated heterocycles. The predicted octanol–water partition coefficient (Wildman–Crippen LogP) is 13.2. The second kappa shape index (κ2) is 66.3. The number of hydrogen-bond acceptors (Lipinski definition) is 19. The van der Waals surface area contributed by atoms with E-state index in [2.05, 4.69) is 20.8 Å². The van der Waals surface area contributed by atoms with Gasteiger partial charge in [-0.1, -0.05) is 252 Å². The van der Waals surface area contributed by atoms with Crippen LogP contribution in [0.15, 0.2) is 0 Å². The second-order valence-corrected chi connectivity index (χ2v) is 28.0. The SMILES string of the molecule is CCCCCCCCCCCCCCCC(=O)COC(COCC(F)CC(=O)OCC(CN(CCN(CCN(CC(=O)O)CC(=O)O)CC(=O)O)CC(=O)O)N(CC(=O)O)CC(=O)O)(COC(=O)CCCCCCCCCCCCCCC)COC(=O)CCCCCCCCCCCCCCC. The fraction of sp³-hybridized carbons (Fsp3) is 0.868. The molecule has 594 valence electrons. The molecular weight excluding hydrogens is 1320 g/mol. The van der Waals surface area contributed by atoms with Crippen molar-refractivity contribution in [3.05, 3.63) is 0 Å². The van der Waals surface area contributed by atoms with E-state index in [0.717, 1.165) is 86.8 Å². The quantitative estimate of drug-likeness (QED) is 0.0187. The monoisotopic (exact) mass is 1460 g/mol. The van der Waals surface area contributed by atoms with E-state index in [1.54, 1.807) is 0 Å². The molecule has 2 atom stereocenters. The van der Waals surface area contributed by atoms with Gasteiger partial charge in [0.25, 0.3) is 0 Å². The van der Waals surface area contributed by atoms with Crippen molar-refractivity contribution >= 4 is 59.5 Å². The van der Waals surface area contributed by atoms with E-state index in [1.165, 1.54) is 164 Å². The summed E-state index contributed by atoms with van der Waals surface area (Å²) in [6.07, 6.45) is 40.9. The van der Waals surface area contributed by atoms with E-state index >= 15 is 4.39 Å². The van der Waals surface area contributed by atoms with E-state index in [9.17, 15) is 78.6 Å². The van der Waals surface area contributed by atoms with Gasteiger partial charge in [-0.25, -0.2) is 4.39 Å². The van der Waals surface area contributed by atoms with Gasteiger partial charge in [0.15, 0.2) is 11.4 Å². The van der Waals surface area contributed by atoms with Gasteiger partial charge < -0.3 is 54.3 Å². The fourth-order valence-electron chi connectivity index (χ4n) is 12.2. The number of unbranched alkanes of at least 4 members (excludes halogenated alkanes) is 36. The topological polar surface area (TPSA) is 351 Å². The third-order valence-corrected chi connectivity index (χ3v) is 18.1. The number of ketones is 1. The molecular formula is C76H137FN4O21. The summed E-state index contributed by atoms with van der Waals surface area (Å²) >= 11 is 0. The number of carbonyl (C=O) groups excluding carboxylic acids is 4.